The van der Waals surface area contributed by atoms with Gasteiger partial charge in [0.15, 0.2) is 0 Å². The number of aryl methyl sites for hydroxylation is 5. The first-order valence-corrected chi connectivity index (χ1v) is 39.1. The smallest absolute Gasteiger partial charge is 0.113 e. The summed E-state index contributed by atoms with van der Waals surface area (Å²) >= 11 is 0. The Morgan fingerprint density at radius 3 is 1.03 bits per heavy atom. The lowest BCUT2D eigenvalue weighted by Crippen LogP contribution is -2.80. The molecule has 0 saturated heterocycles. The average molecular weight is 1520 g/mol. The fraction of sp³-hybridized carbons (Fsp3) is 0.140. The molecule has 8 rings (SSSR count). The van der Waals surface area contributed by atoms with Crippen molar-refractivity contribution in [1.82, 2.24) is 0 Å². The maximum Gasteiger partial charge on any atom is 0.113 e. The van der Waals surface area contributed by atoms with Crippen LogP contribution in [0.2, 0.25) is 0 Å². The zero-order valence-electron chi connectivity index (χ0n) is 72.4. The van der Waals surface area contributed by atoms with Crippen molar-refractivity contribution in [2.24, 2.45) is 0 Å². The van der Waals surface area contributed by atoms with Crippen molar-refractivity contribution in [3.8, 4) is 273 Å². The van der Waals surface area contributed by atoms with Crippen LogP contribution in [0.3, 0.4) is 0 Å². The van der Waals surface area contributed by atoms with Crippen molar-refractivity contribution in [3.63, 3.8) is 0 Å². The highest BCUT2D eigenvalue weighted by Crippen LogP contribution is 2.55. The Morgan fingerprint density at radius 2 is 0.635 bits per heavy atom. The number of terminal acetylenes is 4. The molecular formula is C93H43B33. The Kier molecular flexibility index (Phi) is 35.7. The molecule has 0 aliphatic heterocycles. The summed E-state index contributed by atoms with van der Waals surface area (Å²) in [5, 5.41) is 3.98. The van der Waals surface area contributed by atoms with E-state index < -0.39 is 70.8 Å². The second-order valence-corrected chi connectivity index (χ2v) is 28.9. The monoisotopic (exact) mass is 1520 g/mol. The van der Waals surface area contributed by atoms with E-state index in [-0.39, 0.29) is 82.4 Å². The van der Waals surface area contributed by atoms with Crippen LogP contribution >= 0.6 is 0 Å². The van der Waals surface area contributed by atoms with Crippen LogP contribution in [0.15, 0.2) is 0 Å². The summed E-state index contributed by atoms with van der Waals surface area (Å²) in [6, 6.07) is 0. The Labute approximate surface area is 781 Å². The van der Waals surface area contributed by atoms with E-state index in [1.54, 1.807) is 27.7 Å². The van der Waals surface area contributed by atoms with Gasteiger partial charge in [-0.25, -0.2) is 0 Å². The molecule has 0 fully saturated rings. The van der Waals surface area contributed by atoms with Gasteiger partial charge in [0.2, 0.25) is 0 Å². The van der Waals surface area contributed by atoms with Crippen molar-refractivity contribution >= 4 is 331 Å². The second-order valence-electron chi connectivity index (χ2n) is 28.9. The van der Waals surface area contributed by atoms with Gasteiger partial charge in [0.25, 0.3) is 0 Å². The quantitative estimate of drug-likeness (QED) is 0.0389. The molecule has 0 N–H and O–H groups in total. The SMILES string of the molecule is [B][B]B([B])B(B([B])[B])c1c(B(B([B])[B])B([B])[B])c(B([B][B])B([B])[B])c(B([B])B([B])[B])c2c(B([B])[B][B])c(-c3c4c(C)c(C)c(C)c(C)c4c(-c4c(C#CC#CC#CC)c(C#CC#CC#C)c(C#CC#CC)c5c4c(C#CC#CC#CC#CC)c(C#CC#CC#CC#CC#C)c4c(C)c(C#C)c(C#CC)c(C#CC#C)c45)c4c(C)c(C)c(C)c(C)c34)c([B][B])c([B])c12. The summed E-state index contributed by atoms with van der Waals surface area (Å²) in [6.07, 6.45) is 16.0. The van der Waals surface area contributed by atoms with Crippen LogP contribution in [-0.4, -0.2) is 239 Å². The molecule has 0 unspecified atom stereocenters. The van der Waals surface area contributed by atoms with Gasteiger partial charge in [-0.1, -0.05) is 92.4 Å². The second kappa shape index (κ2) is 45.2. The lowest BCUT2D eigenvalue weighted by atomic mass is 8.66. The molecule has 33 heteroatoms. The molecule has 514 valence electrons. The predicted octanol–water partition coefficient (Wildman–Crippen LogP) is -3.33. The normalized spacial score (nSPS) is 9.09. The van der Waals surface area contributed by atoms with Gasteiger partial charge in [-0.3, -0.25) is 0 Å². The summed E-state index contributed by atoms with van der Waals surface area (Å²) < 4.78 is 0. The zero-order valence-corrected chi connectivity index (χ0v) is 72.4. The number of hydrogen-bond donors (Lipinski definition) is 0. The van der Waals surface area contributed by atoms with Gasteiger partial charge in [-0.05, 0) is 343 Å². The molecule has 0 saturated carbocycles. The van der Waals surface area contributed by atoms with Gasteiger partial charge in [0, 0.05) is 224 Å². The molecular weight excluding hydrogens is 1470 g/mol. The molecule has 0 spiro atoms. The molecule has 8 aromatic carbocycles. The summed E-state index contributed by atoms with van der Waals surface area (Å²) in [6.45, 7) is 17.9. The minimum atomic E-state index is -1.48. The van der Waals surface area contributed by atoms with Crippen LogP contribution in [0.4, 0.5) is 0 Å². The molecule has 40 radical (unpaired) electrons. The third kappa shape index (κ3) is 19.5. The predicted molar refractivity (Wildman–Crippen MR) is 578 cm³/mol. The highest BCUT2D eigenvalue weighted by atomic mass is 14.4. The van der Waals surface area contributed by atoms with E-state index in [1.165, 1.54) is 28.4 Å². The molecule has 0 bridgehead atoms. The Morgan fingerprint density at radius 1 is 0.262 bits per heavy atom. The first-order chi connectivity index (χ1) is 60.3. The summed E-state index contributed by atoms with van der Waals surface area (Å²) in [5.41, 5.74) is 11.1. The Bertz CT molecular complexity index is 7370. The molecule has 0 aliphatic carbocycles. The van der Waals surface area contributed by atoms with E-state index in [4.69, 9.17) is 165 Å². The summed E-state index contributed by atoms with van der Waals surface area (Å²) in [4.78, 5) is 0. The summed E-state index contributed by atoms with van der Waals surface area (Å²) in [7, 11) is 134. The zero-order chi connectivity index (χ0) is 93.0. The van der Waals surface area contributed by atoms with E-state index in [9.17, 15) is 0 Å². The van der Waals surface area contributed by atoms with E-state index in [0.29, 0.717) is 93.2 Å². The fourth-order valence-electron chi connectivity index (χ4n) is 16.4. The van der Waals surface area contributed by atoms with Crippen molar-refractivity contribution in [1.29, 1.82) is 0 Å². The average Bonchev–Trinajstić information content (AvgIpc) is 0.675. The van der Waals surface area contributed by atoms with Gasteiger partial charge >= 0.3 is 0 Å². The topological polar surface area (TPSA) is 0 Å². The van der Waals surface area contributed by atoms with Gasteiger partial charge in [0.05, 0.1) is 78.6 Å². The highest BCUT2D eigenvalue weighted by Gasteiger charge is 2.43. The number of hydrogen-bond acceptors (Lipinski definition) is 0. The number of benzene rings is 8. The first-order valence-electron chi connectivity index (χ1n) is 39.1. The van der Waals surface area contributed by atoms with Crippen LogP contribution < -0.4 is 38.2 Å². The van der Waals surface area contributed by atoms with Crippen molar-refractivity contribution in [2.75, 3.05) is 0 Å². The largest absolute Gasteiger partial charge is 0.115 e. The molecule has 0 nitrogen and oxygen atoms in total. The van der Waals surface area contributed by atoms with Gasteiger partial charge in [0.1, 0.15) is 7.85 Å². The van der Waals surface area contributed by atoms with E-state index >= 15 is 0 Å². The van der Waals surface area contributed by atoms with Crippen LogP contribution in [0.25, 0.3) is 76.1 Å². The number of rotatable bonds is 17. The summed E-state index contributed by atoms with van der Waals surface area (Å²) in [5.74, 6) is 112. The number of fused-ring (bicyclic) bond motifs is 6. The molecule has 0 atom stereocenters. The first kappa shape index (κ1) is 99.4. The van der Waals surface area contributed by atoms with Crippen molar-refractivity contribution in [3.05, 3.63) is 94.6 Å². The lowest BCUT2D eigenvalue weighted by molar-refractivity contribution is 1.24. The van der Waals surface area contributed by atoms with E-state index in [1.807, 2.05) is 62.3 Å². The van der Waals surface area contributed by atoms with Crippen molar-refractivity contribution < 1.29 is 0 Å². The lowest BCUT2D eigenvalue weighted by Gasteiger charge is -2.42. The third-order valence-corrected chi connectivity index (χ3v) is 22.3. The van der Waals surface area contributed by atoms with Crippen molar-refractivity contribution in [2.45, 2.75) is 90.0 Å². The van der Waals surface area contributed by atoms with Crippen LogP contribution in [0.1, 0.15) is 122 Å². The van der Waals surface area contributed by atoms with E-state index in [2.05, 4.69) is 225 Å². The minimum absolute atomic E-state index is 0.0585. The van der Waals surface area contributed by atoms with Gasteiger partial charge in [-0.2, -0.15) is 0 Å². The van der Waals surface area contributed by atoms with E-state index in [0.717, 1.165) is 33.4 Å². The Hall–Kier alpha value is -12.0. The Balaban J connectivity index is 2.15. The highest BCUT2D eigenvalue weighted by molar-refractivity contribution is 7.89. The van der Waals surface area contributed by atoms with Crippen LogP contribution in [0.5, 0.6) is 0 Å². The molecule has 0 aromatic heterocycles. The molecule has 8 aromatic rings. The van der Waals surface area contributed by atoms with Crippen LogP contribution in [-0.2, 0) is 0 Å². The van der Waals surface area contributed by atoms with Gasteiger partial charge in [-0.15, -0.1) is 42.5 Å². The fourth-order valence-corrected chi connectivity index (χ4v) is 16.4. The molecule has 0 heterocycles. The molecule has 126 heavy (non-hydrogen) atoms. The minimum Gasteiger partial charge on any atom is -0.115 e. The standard InChI is InChI=1S/C93H43B33/c1-18-26-32-36-38-40-43-47-54-71-72(55-48-42-39-37-33-27-19-2)80-79(78-68(50-31-23-6)66(49-24-7)65(25-8)64(17)73(71)78)69(52-44-30-22-5)67(51-45-35-29-21-4)70(53-46-41-34-28-20-3)81(80)82-74-60(13)56(9)58(11)62(15)76(74)83(77-63(16)59(12)57(10)61(14)75(77)82)85-88(112-95)87(94)84-86(89(85)116(99)113-96)90(117(100)121(101)102)92(118(114-97)122(103)104)93(119(123(105)106)124(107)108)91(84)120(125(109)110)126(111)115-98/h1,4,6,8H,2-3,5,7,9-17H3. The maximum absolute atomic E-state index is 8.25. The molecule has 0 amide bonds. The maximum atomic E-state index is 8.25. The third-order valence-electron chi connectivity index (χ3n) is 22.3. The van der Waals surface area contributed by atoms with Crippen LogP contribution in [0, 0.1) is 313 Å². The molecule has 0 aliphatic rings. The van der Waals surface area contributed by atoms with Gasteiger partial charge < -0.3 is 0 Å².